The summed E-state index contributed by atoms with van der Waals surface area (Å²) < 4.78 is 15.7. The van der Waals surface area contributed by atoms with E-state index in [2.05, 4.69) is 0 Å². The van der Waals surface area contributed by atoms with E-state index in [1.54, 1.807) is 19.2 Å². The molecule has 1 atom stereocenters. The summed E-state index contributed by atoms with van der Waals surface area (Å²) in [6, 6.07) is 3.46. The molecule has 88 valence electrons. The van der Waals surface area contributed by atoms with Gasteiger partial charge in [-0.1, -0.05) is 0 Å². The molecule has 1 heterocycles. The minimum absolute atomic E-state index is 0.203. The molecule has 0 spiro atoms. The van der Waals surface area contributed by atoms with E-state index in [4.69, 9.17) is 19.9 Å². The van der Waals surface area contributed by atoms with Crippen molar-refractivity contribution in [2.24, 2.45) is 5.73 Å². The molecule has 1 aromatic carbocycles. The molecule has 1 aliphatic rings. The van der Waals surface area contributed by atoms with Gasteiger partial charge in [0.25, 0.3) is 0 Å². The summed E-state index contributed by atoms with van der Waals surface area (Å²) in [7, 11) is 1.55. The van der Waals surface area contributed by atoms with E-state index >= 15 is 0 Å². The number of ether oxygens (including phenoxy) is 3. The van der Waals surface area contributed by atoms with Crippen molar-refractivity contribution >= 4 is 0 Å². The molecular weight excluding hydrogens is 210 g/mol. The molecule has 16 heavy (non-hydrogen) atoms. The largest absolute Gasteiger partial charge is 0.496 e. The van der Waals surface area contributed by atoms with Gasteiger partial charge in [-0.25, -0.2) is 0 Å². The third-order valence-corrected chi connectivity index (χ3v) is 2.52. The second-order valence-corrected chi connectivity index (χ2v) is 3.54. The predicted molar refractivity (Wildman–Crippen MR) is 57.7 cm³/mol. The molecule has 5 heteroatoms. The second-order valence-electron chi connectivity index (χ2n) is 3.54. The highest BCUT2D eigenvalue weighted by Crippen LogP contribution is 2.40. The van der Waals surface area contributed by atoms with E-state index in [9.17, 15) is 5.11 Å². The predicted octanol–water partition coefficient (Wildman–Crippen LogP) is 0.806. The van der Waals surface area contributed by atoms with E-state index < -0.39 is 6.10 Å². The molecule has 1 aliphatic heterocycles. The summed E-state index contributed by atoms with van der Waals surface area (Å²) in [5.74, 6) is 1.86. The number of fused-ring (bicyclic) bond motifs is 1. The molecule has 0 aliphatic carbocycles. The number of rotatable bonds is 4. The van der Waals surface area contributed by atoms with Gasteiger partial charge in [-0.3, -0.25) is 0 Å². The van der Waals surface area contributed by atoms with Crippen molar-refractivity contribution in [2.75, 3.05) is 20.4 Å². The maximum absolute atomic E-state index is 9.91. The van der Waals surface area contributed by atoms with E-state index in [0.717, 1.165) is 0 Å². The first-order valence-corrected chi connectivity index (χ1v) is 5.12. The highest BCUT2D eigenvalue weighted by Gasteiger charge is 2.21. The number of benzene rings is 1. The topological polar surface area (TPSA) is 73.9 Å². The molecule has 0 bridgehead atoms. The van der Waals surface area contributed by atoms with Crippen molar-refractivity contribution in [3.8, 4) is 17.2 Å². The summed E-state index contributed by atoms with van der Waals surface area (Å²) in [5.41, 5.74) is 6.09. The fraction of sp³-hybridized carbons (Fsp3) is 0.455. The molecule has 3 N–H and O–H groups in total. The van der Waals surface area contributed by atoms with Gasteiger partial charge in [-0.15, -0.1) is 0 Å². The Labute approximate surface area is 93.7 Å². The summed E-state index contributed by atoms with van der Waals surface area (Å²) in [6.07, 6.45) is -0.162. The number of hydrogen-bond acceptors (Lipinski definition) is 5. The Balaban J connectivity index is 2.35. The lowest BCUT2D eigenvalue weighted by Crippen LogP contribution is -2.07. The van der Waals surface area contributed by atoms with Gasteiger partial charge in [0.15, 0.2) is 11.5 Å². The Hall–Kier alpha value is -1.46. The highest BCUT2D eigenvalue weighted by atomic mass is 16.7. The average molecular weight is 225 g/mol. The summed E-state index contributed by atoms with van der Waals surface area (Å²) >= 11 is 0. The first-order chi connectivity index (χ1) is 7.76. The van der Waals surface area contributed by atoms with Crippen molar-refractivity contribution in [1.82, 2.24) is 0 Å². The number of methoxy groups -OCH3 is 1. The van der Waals surface area contributed by atoms with Crippen molar-refractivity contribution < 1.29 is 19.3 Å². The third-order valence-electron chi connectivity index (χ3n) is 2.52. The zero-order chi connectivity index (χ0) is 11.5. The normalized spacial score (nSPS) is 14.9. The molecular formula is C11H15NO4. The van der Waals surface area contributed by atoms with Gasteiger partial charge in [0.2, 0.25) is 6.79 Å². The number of nitrogens with two attached hydrogens (primary N) is 1. The average Bonchev–Trinajstić information content (AvgIpc) is 2.74. The third kappa shape index (κ3) is 1.91. The van der Waals surface area contributed by atoms with Gasteiger partial charge in [-0.2, -0.15) is 0 Å². The SMILES string of the molecule is COc1cc2c(cc1[C@@H](O)CCN)OCO2. The van der Waals surface area contributed by atoms with E-state index in [0.29, 0.717) is 35.8 Å². The van der Waals surface area contributed by atoms with Crippen LogP contribution in [0.15, 0.2) is 12.1 Å². The Morgan fingerprint density at radius 3 is 2.75 bits per heavy atom. The van der Waals surface area contributed by atoms with Crippen LogP contribution in [-0.2, 0) is 0 Å². The smallest absolute Gasteiger partial charge is 0.231 e. The van der Waals surface area contributed by atoms with Crippen LogP contribution >= 0.6 is 0 Å². The first-order valence-electron chi connectivity index (χ1n) is 5.12. The van der Waals surface area contributed by atoms with Crippen LogP contribution in [-0.4, -0.2) is 25.6 Å². The highest BCUT2D eigenvalue weighted by molar-refractivity contribution is 5.52. The van der Waals surface area contributed by atoms with Crippen molar-refractivity contribution in [3.05, 3.63) is 17.7 Å². The monoisotopic (exact) mass is 225 g/mol. The van der Waals surface area contributed by atoms with Gasteiger partial charge < -0.3 is 25.1 Å². The standard InChI is InChI=1S/C11H15NO4/c1-14-9-5-11-10(15-6-16-11)4-7(9)8(13)2-3-12/h4-5,8,13H,2-3,6,12H2,1H3/t8-/m0/s1. The van der Waals surface area contributed by atoms with Crippen molar-refractivity contribution in [2.45, 2.75) is 12.5 Å². The molecule has 5 nitrogen and oxygen atoms in total. The molecule has 0 fully saturated rings. The van der Waals surface area contributed by atoms with Crippen LogP contribution in [0.25, 0.3) is 0 Å². The van der Waals surface area contributed by atoms with E-state index in [-0.39, 0.29) is 6.79 Å². The molecule has 0 radical (unpaired) electrons. The number of aliphatic hydroxyl groups is 1. The van der Waals surface area contributed by atoms with Crippen molar-refractivity contribution in [3.63, 3.8) is 0 Å². The zero-order valence-corrected chi connectivity index (χ0v) is 9.10. The van der Waals surface area contributed by atoms with Gasteiger partial charge in [-0.05, 0) is 19.0 Å². The van der Waals surface area contributed by atoms with Crippen molar-refractivity contribution in [1.29, 1.82) is 0 Å². The Bertz CT molecular complexity index is 380. The van der Waals surface area contributed by atoms with Crippen LogP contribution in [0.2, 0.25) is 0 Å². The second kappa shape index (κ2) is 4.59. The minimum atomic E-state index is -0.644. The summed E-state index contributed by atoms with van der Waals surface area (Å²) in [6.45, 7) is 0.619. The maximum atomic E-state index is 9.91. The lowest BCUT2D eigenvalue weighted by atomic mass is 10.0. The molecule has 0 saturated heterocycles. The number of hydrogen-bond donors (Lipinski definition) is 2. The van der Waals surface area contributed by atoms with E-state index in [1.165, 1.54) is 0 Å². The summed E-state index contributed by atoms with van der Waals surface area (Å²) in [4.78, 5) is 0. The Morgan fingerprint density at radius 2 is 2.12 bits per heavy atom. The van der Waals surface area contributed by atoms with Gasteiger partial charge in [0.1, 0.15) is 5.75 Å². The Kier molecular flexibility index (Phi) is 3.17. The van der Waals surface area contributed by atoms with Gasteiger partial charge in [0, 0.05) is 11.6 Å². The lowest BCUT2D eigenvalue weighted by Gasteiger charge is -2.14. The molecule has 1 aromatic rings. The molecule has 2 rings (SSSR count). The zero-order valence-electron chi connectivity index (χ0n) is 9.10. The lowest BCUT2D eigenvalue weighted by molar-refractivity contribution is 0.164. The molecule has 0 aromatic heterocycles. The van der Waals surface area contributed by atoms with Crippen LogP contribution in [0.3, 0.4) is 0 Å². The molecule has 0 amide bonds. The fourth-order valence-electron chi connectivity index (χ4n) is 1.69. The van der Waals surface area contributed by atoms with Crippen LogP contribution < -0.4 is 19.9 Å². The molecule has 0 saturated carbocycles. The van der Waals surface area contributed by atoms with Crippen LogP contribution in [0.1, 0.15) is 18.1 Å². The van der Waals surface area contributed by atoms with Crippen LogP contribution in [0.5, 0.6) is 17.2 Å². The first kappa shape index (κ1) is 11.0. The summed E-state index contributed by atoms with van der Waals surface area (Å²) in [5, 5.41) is 9.91. The quantitative estimate of drug-likeness (QED) is 0.793. The number of aliphatic hydroxyl groups excluding tert-OH is 1. The minimum Gasteiger partial charge on any atom is -0.496 e. The maximum Gasteiger partial charge on any atom is 0.231 e. The van der Waals surface area contributed by atoms with E-state index in [1.807, 2.05) is 0 Å². The van der Waals surface area contributed by atoms with Crippen LogP contribution in [0, 0.1) is 0 Å². The van der Waals surface area contributed by atoms with Gasteiger partial charge in [0.05, 0.1) is 13.2 Å². The fourth-order valence-corrected chi connectivity index (χ4v) is 1.69. The Morgan fingerprint density at radius 1 is 1.44 bits per heavy atom. The van der Waals surface area contributed by atoms with Crippen LogP contribution in [0.4, 0.5) is 0 Å². The molecule has 0 unspecified atom stereocenters. The van der Waals surface area contributed by atoms with Gasteiger partial charge >= 0.3 is 0 Å².